The molecule has 0 amide bonds. The van der Waals surface area contributed by atoms with Crippen LogP contribution in [0, 0.1) is 78.9 Å². The molecule has 5 aromatic rings. The molecule has 0 atom stereocenters. The van der Waals surface area contributed by atoms with Crippen molar-refractivity contribution in [1.29, 1.82) is 0 Å². The van der Waals surface area contributed by atoms with Gasteiger partial charge in [0.2, 0.25) is 11.6 Å². The van der Waals surface area contributed by atoms with E-state index in [0.717, 1.165) is 0 Å². The van der Waals surface area contributed by atoms with Crippen LogP contribution in [0.3, 0.4) is 0 Å². The molecule has 5 aromatic carbocycles. The summed E-state index contributed by atoms with van der Waals surface area (Å²) in [6.45, 7) is 6.42. The smallest absolute Gasteiger partial charge is 0.200 e. The topological polar surface area (TPSA) is 82.4 Å². The Morgan fingerprint density at radius 3 is 0.784 bits per heavy atom. The molecule has 0 aliphatic carbocycles. The van der Waals surface area contributed by atoms with Crippen molar-refractivity contribution < 1.29 is 60.7 Å². The quantitative estimate of drug-likeness (QED) is 0.0714. The maximum Gasteiger partial charge on any atom is 0.200 e. The van der Waals surface area contributed by atoms with Gasteiger partial charge in [0.1, 0.15) is 29.8 Å². The highest BCUT2D eigenvalue weighted by atomic mass is 32.3. The highest BCUT2D eigenvalue weighted by Crippen LogP contribution is 2.36. The summed E-state index contributed by atoms with van der Waals surface area (Å²) in [6, 6.07) is 26.8. The van der Waals surface area contributed by atoms with Crippen LogP contribution < -0.4 is 0 Å². The average molecular weight is 782 g/mol. The third-order valence-electron chi connectivity index (χ3n) is 6.82. The molecule has 0 heterocycles. The molecule has 0 saturated carbocycles. The summed E-state index contributed by atoms with van der Waals surface area (Å²) in [5.41, 5.74) is 3.92. The summed E-state index contributed by atoms with van der Waals surface area (Å²) >= 11 is 0. The van der Waals surface area contributed by atoms with Gasteiger partial charge in [0.25, 0.3) is 0 Å². The highest BCUT2D eigenvalue weighted by molar-refractivity contribution is 8.12. The molecule has 0 unspecified atom stereocenters. The Hall–Kier alpha value is -4.39. The van der Waals surface area contributed by atoms with Gasteiger partial charge in [-0.3, -0.25) is 0 Å². The first-order valence-electron chi connectivity index (χ1n) is 13.9. The molecule has 0 aliphatic rings. The zero-order valence-corrected chi connectivity index (χ0v) is 28.5. The minimum Gasteiger partial charge on any atom is -0.427 e. The average Bonchev–Trinajstić information content (AvgIpc) is 3.07. The maximum atomic E-state index is 13.5. The van der Waals surface area contributed by atoms with Gasteiger partial charge in [0, 0.05) is 0 Å². The fourth-order valence-corrected chi connectivity index (χ4v) is 9.19. The first kappa shape index (κ1) is 39.4. The number of hydrogen-bond acceptors (Lipinski definition) is 4. The van der Waals surface area contributed by atoms with E-state index in [0.29, 0.717) is 0 Å². The van der Waals surface area contributed by atoms with E-state index in [1.807, 2.05) is 0 Å². The summed E-state index contributed by atoms with van der Waals surface area (Å²) in [5, 5.41) is 0. The van der Waals surface area contributed by atoms with Crippen molar-refractivity contribution in [2.45, 2.75) is 45.2 Å². The van der Waals surface area contributed by atoms with Crippen LogP contribution in [0.5, 0.6) is 0 Å². The third kappa shape index (κ3) is 8.08. The van der Waals surface area contributed by atoms with Crippen LogP contribution in [0.15, 0.2) is 97.3 Å². The Kier molecular flexibility index (Phi) is 11.6. The summed E-state index contributed by atoms with van der Waals surface area (Å²) < 4.78 is 181. The van der Waals surface area contributed by atoms with Crippen molar-refractivity contribution >= 4 is 30.9 Å². The molecular weight excluding hydrogens is 761 g/mol. The first-order valence-corrected chi connectivity index (χ1v) is 18.0. The molecule has 0 aromatic heterocycles. The van der Waals surface area contributed by atoms with Gasteiger partial charge >= 0.3 is 0 Å². The van der Waals surface area contributed by atoms with Crippen LogP contribution >= 0.6 is 0 Å². The second-order valence-corrected chi connectivity index (χ2v) is 15.9. The molecule has 5 nitrogen and oxygen atoms in total. The van der Waals surface area contributed by atoms with Gasteiger partial charge < -0.3 is 4.13 Å². The Morgan fingerprint density at radius 1 is 0.373 bits per heavy atom. The van der Waals surface area contributed by atoms with Gasteiger partial charge in [0.15, 0.2) is 61.2 Å². The molecule has 0 N–H and O–H groups in total. The van der Waals surface area contributed by atoms with Gasteiger partial charge in [-0.2, -0.15) is 0 Å². The number of rotatable bonds is 7. The third-order valence-corrected chi connectivity index (χ3v) is 12.4. The van der Waals surface area contributed by atoms with E-state index in [1.165, 1.54) is 31.4 Å². The lowest BCUT2D eigenvalue weighted by atomic mass is 10.2. The van der Waals surface area contributed by atoms with Crippen LogP contribution in [-0.2, 0) is 30.9 Å². The number of hydrogen-bond donors (Lipinski definition) is 0. The van der Waals surface area contributed by atoms with Crippen molar-refractivity contribution in [2.75, 3.05) is 0 Å². The number of halogens is 10. The van der Waals surface area contributed by atoms with E-state index in [9.17, 15) is 60.7 Å². The molecule has 0 spiro atoms. The molecule has 5 rings (SSSR count). The van der Waals surface area contributed by atoms with Crippen molar-refractivity contribution in [2.24, 2.45) is 0 Å². The minimum absolute atomic E-state index is 0.0394. The molecule has 0 aliphatic heterocycles. The molecule has 0 saturated heterocycles. The summed E-state index contributed by atoms with van der Waals surface area (Å²) in [7, 11) is -13.0. The lowest BCUT2D eigenvalue weighted by Gasteiger charge is -2.22. The zero-order valence-electron chi connectivity index (χ0n) is 26.0. The van der Waals surface area contributed by atoms with Crippen molar-refractivity contribution in [3.63, 3.8) is 0 Å². The van der Waals surface area contributed by atoms with E-state index in [4.69, 9.17) is 0 Å². The number of sulfonamides is 2. The van der Waals surface area contributed by atoms with Crippen molar-refractivity contribution in [3.8, 4) is 0 Å². The molecule has 18 heteroatoms. The van der Waals surface area contributed by atoms with Gasteiger partial charge in [-0.25, -0.2) is 60.7 Å². The van der Waals surface area contributed by atoms with E-state index in [2.05, 4.69) is 93.6 Å². The molecular formula is C33H21F10NO4S3. The highest BCUT2D eigenvalue weighted by Gasteiger charge is 2.35. The Balaban J connectivity index is 0.000000237. The Labute approximate surface area is 288 Å². The monoisotopic (exact) mass is 781 g/mol. The second-order valence-electron chi connectivity index (χ2n) is 10.6. The lowest BCUT2D eigenvalue weighted by Crippen LogP contribution is -2.18. The SMILES string of the molecule is Cc1ccc([S+](c2ccc(C)cc2)c2ccc(C)cc2)cc1.O=S(=O)([N-]S(=O)(=O)c1c(F)c(F)c(F)c(F)c1F)c1c(F)c(F)c(F)c(F)c1F. The van der Waals surface area contributed by atoms with Crippen LogP contribution in [0.25, 0.3) is 4.13 Å². The van der Waals surface area contributed by atoms with Gasteiger partial charge in [-0.1, -0.05) is 53.1 Å². The summed E-state index contributed by atoms with van der Waals surface area (Å²) in [5.74, 6) is -29.5. The van der Waals surface area contributed by atoms with Crippen LogP contribution in [0.4, 0.5) is 43.9 Å². The lowest BCUT2D eigenvalue weighted by molar-refractivity contribution is 0.357. The summed E-state index contributed by atoms with van der Waals surface area (Å²) in [6.07, 6.45) is 0. The molecule has 270 valence electrons. The normalized spacial score (nSPS) is 11.8. The zero-order chi connectivity index (χ0) is 38.2. The fraction of sp³-hybridized carbons (Fsp3) is 0.0909. The van der Waals surface area contributed by atoms with Crippen molar-refractivity contribution in [3.05, 3.63) is 152 Å². The summed E-state index contributed by atoms with van der Waals surface area (Å²) in [4.78, 5) is -1.57. The van der Waals surface area contributed by atoms with Crippen LogP contribution in [0.2, 0.25) is 0 Å². The van der Waals surface area contributed by atoms with Gasteiger partial charge in [0.05, 0.1) is 10.9 Å². The van der Waals surface area contributed by atoms with Gasteiger partial charge in [-0.15, -0.1) is 0 Å². The number of nitrogens with zero attached hydrogens (tertiary/aromatic N) is 1. The molecule has 0 fully saturated rings. The largest absolute Gasteiger partial charge is 0.427 e. The van der Waals surface area contributed by atoms with E-state index in [1.54, 1.807) is 4.13 Å². The minimum atomic E-state index is -6.49. The molecule has 0 radical (unpaired) electrons. The van der Waals surface area contributed by atoms with E-state index < -0.39 is 88.0 Å². The standard InChI is InChI=1S/C21H21S.C12F10NO4S2/c1-16-4-10-19(11-5-16)22(20-12-6-17(2)7-13-20)21-14-8-18(3)9-15-21;13-1-3(15)7(19)11(8(20)4(1)16)28(24,25)23-29(26,27)12-9(21)5(17)2(14)6(18)10(12)22/h4-15H,1-3H3;/q+1;-1. The molecule has 51 heavy (non-hydrogen) atoms. The maximum absolute atomic E-state index is 13.5. The van der Waals surface area contributed by atoms with Crippen LogP contribution in [0.1, 0.15) is 16.7 Å². The van der Waals surface area contributed by atoms with Gasteiger partial charge in [-0.05, 0) is 57.2 Å². The Bertz CT molecular complexity index is 2080. The fourth-order valence-electron chi connectivity index (χ4n) is 4.26. The second kappa shape index (κ2) is 15.1. The number of aryl methyl sites for hydroxylation is 3. The molecule has 0 bridgehead atoms. The van der Waals surface area contributed by atoms with E-state index in [-0.39, 0.29) is 10.9 Å². The Morgan fingerprint density at radius 2 is 0.569 bits per heavy atom. The predicted octanol–water partition coefficient (Wildman–Crippen LogP) is 9.24. The first-order chi connectivity index (χ1) is 23.7. The number of benzene rings is 5. The van der Waals surface area contributed by atoms with Crippen molar-refractivity contribution in [1.82, 2.24) is 0 Å². The van der Waals surface area contributed by atoms with E-state index >= 15 is 0 Å². The van der Waals surface area contributed by atoms with Crippen LogP contribution in [-0.4, -0.2) is 16.8 Å². The predicted molar refractivity (Wildman–Crippen MR) is 166 cm³/mol.